The van der Waals surface area contributed by atoms with Gasteiger partial charge >= 0.3 is 0 Å². The summed E-state index contributed by atoms with van der Waals surface area (Å²) in [5.74, 6) is 0. The van der Waals surface area contributed by atoms with Gasteiger partial charge in [0.1, 0.15) is 0 Å². The highest BCUT2D eigenvalue weighted by Gasteiger charge is 2.24. The summed E-state index contributed by atoms with van der Waals surface area (Å²) >= 11 is 3.44. The third kappa shape index (κ3) is 1.48. The van der Waals surface area contributed by atoms with E-state index in [1.54, 1.807) is 6.34 Å². The number of fused-ring (bicyclic) bond motifs is 1. The van der Waals surface area contributed by atoms with Crippen LogP contribution in [-0.2, 0) is 5.54 Å². The van der Waals surface area contributed by atoms with Crippen LogP contribution in [0, 0.1) is 0 Å². The molecular formula is C10H11BrN2. The quantitative estimate of drug-likeness (QED) is 0.738. The molecule has 0 atom stereocenters. The molecule has 2 rings (SSSR count). The van der Waals surface area contributed by atoms with Crippen LogP contribution in [0.1, 0.15) is 19.4 Å². The summed E-state index contributed by atoms with van der Waals surface area (Å²) in [5.41, 5.74) is 2.26. The van der Waals surface area contributed by atoms with Gasteiger partial charge in [0.05, 0.1) is 11.9 Å². The van der Waals surface area contributed by atoms with Crippen molar-refractivity contribution in [3.05, 3.63) is 28.2 Å². The fraction of sp³-hybridized carbons (Fsp3) is 0.300. The summed E-state index contributed by atoms with van der Waals surface area (Å²) in [6.07, 6.45) is 1.76. The Bertz CT molecular complexity index is 369. The van der Waals surface area contributed by atoms with E-state index < -0.39 is 0 Å². The summed E-state index contributed by atoms with van der Waals surface area (Å²) in [7, 11) is 0. The number of aliphatic imine (C=N–C) groups is 1. The maximum atomic E-state index is 4.38. The minimum atomic E-state index is -0.110. The average molecular weight is 239 g/mol. The first-order valence-electron chi connectivity index (χ1n) is 4.20. The lowest BCUT2D eigenvalue weighted by Crippen LogP contribution is -2.22. The van der Waals surface area contributed by atoms with Gasteiger partial charge in [0.25, 0.3) is 0 Å². The van der Waals surface area contributed by atoms with Gasteiger partial charge in [-0.3, -0.25) is 4.99 Å². The number of hydrogen-bond donors (Lipinski definition) is 1. The smallest absolute Gasteiger partial charge is 0.0878 e. The molecule has 1 aliphatic rings. The summed E-state index contributed by atoms with van der Waals surface area (Å²) in [6.45, 7) is 4.22. The van der Waals surface area contributed by atoms with Crippen LogP contribution in [0.3, 0.4) is 0 Å². The summed E-state index contributed by atoms with van der Waals surface area (Å²) in [4.78, 5) is 4.38. The van der Waals surface area contributed by atoms with Crippen molar-refractivity contribution in [2.24, 2.45) is 4.99 Å². The molecule has 0 saturated carbocycles. The van der Waals surface area contributed by atoms with Crippen LogP contribution < -0.4 is 5.32 Å². The second kappa shape index (κ2) is 2.84. The fourth-order valence-corrected chi connectivity index (χ4v) is 1.86. The van der Waals surface area contributed by atoms with E-state index in [1.165, 1.54) is 5.56 Å². The highest BCUT2D eigenvalue weighted by Crippen LogP contribution is 2.34. The van der Waals surface area contributed by atoms with Crippen molar-refractivity contribution >= 4 is 28.0 Å². The zero-order valence-electron chi connectivity index (χ0n) is 7.63. The molecule has 0 radical (unpaired) electrons. The Morgan fingerprint density at radius 2 is 2.15 bits per heavy atom. The van der Waals surface area contributed by atoms with E-state index in [4.69, 9.17) is 0 Å². The minimum absolute atomic E-state index is 0.110. The Morgan fingerprint density at radius 1 is 1.38 bits per heavy atom. The van der Waals surface area contributed by atoms with Crippen molar-refractivity contribution in [2.45, 2.75) is 19.4 Å². The zero-order chi connectivity index (χ0) is 9.47. The van der Waals surface area contributed by atoms with Crippen LogP contribution >= 0.6 is 15.9 Å². The molecule has 0 aromatic heterocycles. The topological polar surface area (TPSA) is 24.4 Å². The van der Waals surface area contributed by atoms with Crippen LogP contribution in [0.2, 0.25) is 0 Å². The largest absolute Gasteiger partial charge is 0.346 e. The SMILES string of the molecule is CC1(C)N=CNc2cc(Br)ccc21. The molecule has 1 heterocycles. The third-order valence-corrected chi connectivity index (χ3v) is 2.74. The number of rotatable bonds is 0. The molecule has 0 aliphatic carbocycles. The lowest BCUT2D eigenvalue weighted by Gasteiger charge is -2.27. The van der Waals surface area contributed by atoms with Crippen LogP contribution in [0.15, 0.2) is 27.7 Å². The number of hydrogen-bond acceptors (Lipinski definition) is 2. The average Bonchev–Trinajstić information content (AvgIpc) is 2.02. The molecule has 0 saturated heterocycles. The number of nitrogens with zero attached hydrogens (tertiary/aromatic N) is 1. The van der Waals surface area contributed by atoms with Gasteiger partial charge in [-0.05, 0) is 26.0 Å². The van der Waals surface area contributed by atoms with Gasteiger partial charge in [-0.25, -0.2) is 0 Å². The maximum absolute atomic E-state index is 4.38. The molecule has 68 valence electrons. The van der Waals surface area contributed by atoms with E-state index in [-0.39, 0.29) is 5.54 Å². The number of anilines is 1. The van der Waals surface area contributed by atoms with Gasteiger partial charge < -0.3 is 5.32 Å². The van der Waals surface area contributed by atoms with E-state index in [1.807, 2.05) is 6.07 Å². The fourth-order valence-electron chi connectivity index (χ4n) is 1.50. The molecule has 13 heavy (non-hydrogen) atoms. The summed E-state index contributed by atoms with van der Waals surface area (Å²) in [6, 6.07) is 6.22. The first kappa shape index (κ1) is 8.75. The first-order valence-corrected chi connectivity index (χ1v) is 4.99. The van der Waals surface area contributed by atoms with Gasteiger partial charge in [-0.15, -0.1) is 0 Å². The Morgan fingerprint density at radius 3 is 2.92 bits per heavy atom. The monoisotopic (exact) mass is 238 g/mol. The van der Waals surface area contributed by atoms with Gasteiger partial charge in [0.2, 0.25) is 0 Å². The first-order chi connectivity index (χ1) is 6.09. The zero-order valence-corrected chi connectivity index (χ0v) is 9.22. The van der Waals surface area contributed by atoms with Crippen molar-refractivity contribution < 1.29 is 0 Å². The molecule has 1 N–H and O–H groups in total. The predicted octanol–water partition coefficient (Wildman–Crippen LogP) is 3.14. The molecule has 0 bridgehead atoms. The van der Waals surface area contributed by atoms with Crippen molar-refractivity contribution in [1.82, 2.24) is 0 Å². The molecule has 0 amide bonds. The van der Waals surface area contributed by atoms with Crippen molar-refractivity contribution in [3.8, 4) is 0 Å². The Kier molecular flexibility index (Phi) is 1.91. The molecule has 1 aliphatic heterocycles. The van der Waals surface area contributed by atoms with Crippen LogP contribution in [-0.4, -0.2) is 6.34 Å². The van der Waals surface area contributed by atoms with Crippen LogP contribution in [0.25, 0.3) is 0 Å². The van der Waals surface area contributed by atoms with E-state index in [2.05, 4.69) is 52.2 Å². The van der Waals surface area contributed by atoms with Crippen LogP contribution in [0.5, 0.6) is 0 Å². The molecule has 0 spiro atoms. The standard InChI is InChI=1S/C10H11BrN2/c1-10(2)8-4-3-7(11)5-9(8)12-6-13-10/h3-6H,1-2H3,(H,12,13). The number of halogens is 1. The number of nitrogens with one attached hydrogen (secondary N) is 1. The van der Waals surface area contributed by atoms with Crippen molar-refractivity contribution in [3.63, 3.8) is 0 Å². The summed E-state index contributed by atoms with van der Waals surface area (Å²) in [5, 5.41) is 3.14. The highest BCUT2D eigenvalue weighted by molar-refractivity contribution is 9.10. The molecular weight excluding hydrogens is 228 g/mol. The lowest BCUT2D eigenvalue weighted by molar-refractivity contribution is 0.558. The minimum Gasteiger partial charge on any atom is -0.346 e. The van der Waals surface area contributed by atoms with Crippen LogP contribution in [0.4, 0.5) is 5.69 Å². The van der Waals surface area contributed by atoms with Gasteiger partial charge in [-0.2, -0.15) is 0 Å². The molecule has 3 heteroatoms. The molecule has 0 fully saturated rings. The van der Waals surface area contributed by atoms with E-state index in [9.17, 15) is 0 Å². The normalized spacial score (nSPS) is 17.8. The summed E-state index contributed by atoms with van der Waals surface area (Å²) < 4.78 is 1.09. The second-order valence-corrected chi connectivity index (χ2v) is 4.57. The molecule has 2 nitrogen and oxygen atoms in total. The van der Waals surface area contributed by atoms with Crippen molar-refractivity contribution in [1.29, 1.82) is 0 Å². The van der Waals surface area contributed by atoms with E-state index >= 15 is 0 Å². The van der Waals surface area contributed by atoms with Gasteiger partial charge in [0, 0.05) is 15.7 Å². The Balaban J connectivity index is 2.58. The molecule has 0 unspecified atom stereocenters. The predicted molar refractivity (Wildman–Crippen MR) is 59.3 cm³/mol. The van der Waals surface area contributed by atoms with E-state index in [0.717, 1.165) is 10.2 Å². The number of benzene rings is 1. The van der Waals surface area contributed by atoms with Gasteiger partial charge in [-0.1, -0.05) is 22.0 Å². The van der Waals surface area contributed by atoms with E-state index in [0.29, 0.717) is 0 Å². The Labute approximate surface area is 86.2 Å². The van der Waals surface area contributed by atoms with Crippen molar-refractivity contribution in [2.75, 3.05) is 5.32 Å². The molecule has 1 aromatic carbocycles. The lowest BCUT2D eigenvalue weighted by atomic mass is 9.92. The molecule has 1 aromatic rings. The maximum Gasteiger partial charge on any atom is 0.0878 e. The Hall–Kier alpha value is -0.830. The highest BCUT2D eigenvalue weighted by atomic mass is 79.9. The second-order valence-electron chi connectivity index (χ2n) is 3.65. The third-order valence-electron chi connectivity index (χ3n) is 2.25. The van der Waals surface area contributed by atoms with Gasteiger partial charge in [0.15, 0.2) is 0 Å².